The maximum atomic E-state index is 11.1. The number of hydrogen-bond acceptors (Lipinski definition) is 2. The quantitative estimate of drug-likeness (QED) is 0.713. The van der Waals surface area contributed by atoms with Gasteiger partial charge in [-0.2, -0.15) is 0 Å². The molecular formula is C17H26O2. The molecule has 0 aliphatic carbocycles. The number of ketones is 1. The summed E-state index contributed by atoms with van der Waals surface area (Å²) in [7, 11) is 0. The Hall–Kier alpha value is -1.31. The molecule has 0 fully saturated rings. The Morgan fingerprint density at radius 2 is 1.79 bits per heavy atom. The molecule has 2 unspecified atom stereocenters. The molecule has 0 saturated carbocycles. The Balaban J connectivity index is 3.05. The van der Waals surface area contributed by atoms with E-state index in [0.717, 1.165) is 18.6 Å². The van der Waals surface area contributed by atoms with E-state index in [4.69, 9.17) is 4.74 Å². The Morgan fingerprint density at radius 1 is 1.16 bits per heavy atom. The minimum Gasteiger partial charge on any atom is -0.486 e. The van der Waals surface area contributed by atoms with Gasteiger partial charge in [-0.15, -0.1) is 0 Å². The van der Waals surface area contributed by atoms with Crippen molar-refractivity contribution in [3.63, 3.8) is 0 Å². The van der Waals surface area contributed by atoms with Crippen molar-refractivity contribution in [2.45, 2.75) is 59.3 Å². The second-order valence-electron chi connectivity index (χ2n) is 5.41. The molecule has 1 rings (SSSR count). The highest BCUT2D eigenvalue weighted by Gasteiger charge is 2.14. The highest BCUT2D eigenvalue weighted by molar-refractivity contribution is 5.77. The zero-order chi connectivity index (χ0) is 14.4. The van der Waals surface area contributed by atoms with E-state index in [2.05, 4.69) is 39.8 Å². The number of carbonyl (C=O) groups is 1. The summed E-state index contributed by atoms with van der Waals surface area (Å²) in [6.07, 6.45) is 2.20. The zero-order valence-electron chi connectivity index (χ0n) is 12.8. The second kappa shape index (κ2) is 7.32. The molecule has 0 spiro atoms. The second-order valence-corrected chi connectivity index (χ2v) is 5.41. The van der Waals surface area contributed by atoms with Gasteiger partial charge < -0.3 is 4.74 Å². The Bertz CT molecular complexity index is 423. The van der Waals surface area contributed by atoms with E-state index in [9.17, 15) is 4.79 Å². The van der Waals surface area contributed by atoms with Crippen LogP contribution < -0.4 is 4.74 Å². The lowest BCUT2D eigenvalue weighted by Gasteiger charge is -2.18. The minimum atomic E-state index is 0.0566. The fourth-order valence-corrected chi connectivity index (χ4v) is 2.03. The van der Waals surface area contributed by atoms with Crippen LogP contribution in [0.5, 0.6) is 5.75 Å². The van der Waals surface area contributed by atoms with E-state index in [1.807, 2.05) is 6.07 Å². The van der Waals surface area contributed by atoms with E-state index in [-0.39, 0.29) is 12.4 Å². The van der Waals surface area contributed by atoms with Gasteiger partial charge in [0, 0.05) is 0 Å². The monoisotopic (exact) mass is 262 g/mol. The van der Waals surface area contributed by atoms with Crippen molar-refractivity contribution in [3.05, 3.63) is 29.3 Å². The first-order chi connectivity index (χ1) is 8.99. The van der Waals surface area contributed by atoms with Crippen molar-refractivity contribution < 1.29 is 9.53 Å². The Morgan fingerprint density at radius 3 is 2.32 bits per heavy atom. The minimum absolute atomic E-state index is 0.0566. The lowest BCUT2D eigenvalue weighted by molar-refractivity contribution is -0.118. The van der Waals surface area contributed by atoms with Crippen molar-refractivity contribution in [3.8, 4) is 5.75 Å². The first kappa shape index (κ1) is 15.7. The highest BCUT2D eigenvalue weighted by atomic mass is 16.5. The molecule has 0 amide bonds. The molecule has 0 N–H and O–H groups in total. The summed E-state index contributed by atoms with van der Waals surface area (Å²) in [5.41, 5.74) is 2.58. The first-order valence-electron chi connectivity index (χ1n) is 7.25. The summed E-state index contributed by atoms with van der Waals surface area (Å²) in [4.78, 5) is 11.1. The highest BCUT2D eigenvalue weighted by Crippen LogP contribution is 2.32. The largest absolute Gasteiger partial charge is 0.486 e. The molecule has 0 saturated heterocycles. The number of ether oxygens (including phenoxy) is 1. The topological polar surface area (TPSA) is 26.3 Å². The molecule has 0 aliphatic rings. The lowest BCUT2D eigenvalue weighted by Crippen LogP contribution is -2.09. The lowest BCUT2D eigenvalue weighted by atomic mass is 9.91. The predicted octanol–water partition coefficient (Wildman–Crippen LogP) is 4.68. The summed E-state index contributed by atoms with van der Waals surface area (Å²) < 4.78 is 5.64. The van der Waals surface area contributed by atoms with E-state index in [0.29, 0.717) is 11.8 Å². The molecule has 0 radical (unpaired) electrons. The predicted molar refractivity (Wildman–Crippen MR) is 80.0 cm³/mol. The Kier molecular flexibility index (Phi) is 6.07. The van der Waals surface area contributed by atoms with Crippen LogP contribution in [0, 0.1) is 0 Å². The third-order valence-corrected chi connectivity index (χ3v) is 3.79. The van der Waals surface area contributed by atoms with Gasteiger partial charge in [0.1, 0.15) is 12.4 Å². The van der Waals surface area contributed by atoms with Crippen LogP contribution >= 0.6 is 0 Å². The normalized spacial score (nSPS) is 13.9. The van der Waals surface area contributed by atoms with Gasteiger partial charge in [-0.3, -0.25) is 4.79 Å². The molecule has 1 aromatic rings. The van der Waals surface area contributed by atoms with E-state index >= 15 is 0 Å². The molecule has 2 nitrogen and oxygen atoms in total. The van der Waals surface area contributed by atoms with Crippen molar-refractivity contribution in [1.29, 1.82) is 0 Å². The molecule has 106 valence electrons. The van der Waals surface area contributed by atoms with E-state index in [1.54, 1.807) is 6.92 Å². The van der Waals surface area contributed by atoms with Crippen LogP contribution in [-0.4, -0.2) is 12.4 Å². The molecule has 0 heterocycles. The van der Waals surface area contributed by atoms with Crippen LogP contribution in [0.2, 0.25) is 0 Å². The van der Waals surface area contributed by atoms with Crippen LogP contribution in [0.25, 0.3) is 0 Å². The van der Waals surface area contributed by atoms with Crippen LogP contribution in [0.3, 0.4) is 0 Å². The van der Waals surface area contributed by atoms with Gasteiger partial charge in [0.15, 0.2) is 5.78 Å². The fraction of sp³-hybridized carbons (Fsp3) is 0.588. The number of hydrogen-bond donors (Lipinski definition) is 0. The number of carbonyl (C=O) groups excluding carboxylic acids is 1. The zero-order valence-corrected chi connectivity index (χ0v) is 12.8. The summed E-state index contributed by atoms with van der Waals surface area (Å²) in [6.45, 7) is 10.5. The Labute approximate surface area is 117 Å². The molecule has 2 heteroatoms. The van der Waals surface area contributed by atoms with Crippen molar-refractivity contribution in [2.75, 3.05) is 6.61 Å². The van der Waals surface area contributed by atoms with Gasteiger partial charge in [0.2, 0.25) is 0 Å². The summed E-state index contributed by atoms with van der Waals surface area (Å²) in [5, 5.41) is 0. The maximum absolute atomic E-state index is 11.1. The summed E-state index contributed by atoms with van der Waals surface area (Å²) in [6, 6.07) is 6.39. The average molecular weight is 262 g/mol. The smallest absolute Gasteiger partial charge is 0.167 e. The van der Waals surface area contributed by atoms with Gasteiger partial charge in [-0.1, -0.05) is 39.8 Å². The number of benzene rings is 1. The van der Waals surface area contributed by atoms with Gasteiger partial charge in [0.25, 0.3) is 0 Å². The third-order valence-electron chi connectivity index (χ3n) is 3.79. The number of rotatable bonds is 7. The van der Waals surface area contributed by atoms with Crippen LogP contribution in [0.4, 0.5) is 0 Å². The van der Waals surface area contributed by atoms with Gasteiger partial charge in [0.05, 0.1) is 0 Å². The number of Topliss-reactive ketones (excluding diaryl/α,β-unsaturated/α-hetero) is 1. The van der Waals surface area contributed by atoms with Gasteiger partial charge in [-0.05, 0) is 48.8 Å². The van der Waals surface area contributed by atoms with Crippen molar-refractivity contribution in [1.82, 2.24) is 0 Å². The SMILES string of the molecule is CCC(C)c1ccc(OCC(C)=O)c(C(C)CC)c1. The molecule has 1 aromatic carbocycles. The van der Waals surface area contributed by atoms with Gasteiger partial charge >= 0.3 is 0 Å². The molecule has 0 aliphatic heterocycles. The molecule has 0 bridgehead atoms. The van der Waals surface area contributed by atoms with E-state index in [1.165, 1.54) is 11.1 Å². The van der Waals surface area contributed by atoms with Crippen molar-refractivity contribution >= 4 is 5.78 Å². The molecular weight excluding hydrogens is 236 g/mol. The third kappa shape index (κ3) is 4.38. The molecule has 19 heavy (non-hydrogen) atoms. The maximum Gasteiger partial charge on any atom is 0.167 e. The average Bonchev–Trinajstić information content (AvgIpc) is 2.43. The van der Waals surface area contributed by atoms with Gasteiger partial charge in [-0.25, -0.2) is 0 Å². The standard InChI is InChI=1S/C17H26O2/c1-6-12(3)15-8-9-17(19-11-14(5)18)16(10-15)13(4)7-2/h8-10,12-13H,6-7,11H2,1-5H3. The first-order valence-corrected chi connectivity index (χ1v) is 7.25. The van der Waals surface area contributed by atoms with Crippen LogP contribution in [-0.2, 0) is 4.79 Å². The van der Waals surface area contributed by atoms with E-state index < -0.39 is 0 Å². The summed E-state index contributed by atoms with van der Waals surface area (Å²) >= 11 is 0. The van der Waals surface area contributed by atoms with Crippen LogP contribution in [0.15, 0.2) is 18.2 Å². The van der Waals surface area contributed by atoms with Crippen molar-refractivity contribution in [2.24, 2.45) is 0 Å². The molecule has 2 atom stereocenters. The van der Waals surface area contributed by atoms with Crippen LogP contribution in [0.1, 0.15) is 70.4 Å². The summed E-state index contributed by atoms with van der Waals surface area (Å²) in [5.74, 6) is 1.92. The fourth-order valence-electron chi connectivity index (χ4n) is 2.03. The molecule has 0 aromatic heterocycles.